The van der Waals surface area contributed by atoms with E-state index >= 15 is 0 Å². The molecule has 0 aliphatic heterocycles. The molecule has 3 aromatic rings. The maximum Gasteiger partial charge on any atom is 0.160 e. The van der Waals surface area contributed by atoms with Gasteiger partial charge < -0.3 is 5.32 Å². The maximum absolute atomic E-state index is 4.47. The van der Waals surface area contributed by atoms with E-state index in [0.29, 0.717) is 0 Å². The van der Waals surface area contributed by atoms with Crippen LogP contribution in [0.15, 0.2) is 42.6 Å². The number of aromatic nitrogens is 4. The minimum absolute atomic E-state index is 0.783. The third kappa shape index (κ3) is 2.40. The van der Waals surface area contributed by atoms with Gasteiger partial charge in [-0.3, -0.25) is 0 Å². The van der Waals surface area contributed by atoms with E-state index in [2.05, 4.69) is 33.6 Å². The van der Waals surface area contributed by atoms with Crippen LogP contribution in [0.25, 0.3) is 16.9 Å². The molecule has 0 atom stereocenters. The highest BCUT2D eigenvalue weighted by atomic mass is 15.4. The molecule has 0 amide bonds. The maximum atomic E-state index is 4.47. The van der Waals surface area contributed by atoms with E-state index in [1.54, 1.807) is 10.9 Å². The van der Waals surface area contributed by atoms with E-state index in [9.17, 15) is 0 Å². The summed E-state index contributed by atoms with van der Waals surface area (Å²) in [6.07, 6.45) is 2.90. The molecular formula is C15H17N5. The molecule has 0 aliphatic carbocycles. The molecule has 5 nitrogen and oxygen atoms in total. The number of hydrogen-bond acceptors (Lipinski definition) is 4. The molecular weight excluding hydrogens is 250 g/mol. The van der Waals surface area contributed by atoms with Gasteiger partial charge in [0.05, 0.1) is 5.52 Å². The van der Waals surface area contributed by atoms with Gasteiger partial charge in [-0.15, -0.1) is 5.10 Å². The second-order valence-electron chi connectivity index (χ2n) is 4.65. The Kier molecular flexibility index (Phi) is 3.69. The van der Waals surface area contributed by atoms with Crippen LogP contribution in [-0.4, -0.2) is 26.5 Å². The van der Waals surface area contributed by atoms with Crippen molar-refractivity contribution in [1.82, 2.24) is 25.3 Å². The third-order valence-electron chi connectivity index (χ3n) is 3.16. The average molecular weight is 267 g/mol. The van der Waals surface area contributed by atoms with Crippen molar-refractivity contribution >= 4 is 11.0 Å². The largest absolute Gasteiger partial charge is 0.313 e. The average Bonchev–Trinajstić information content (AvgIpc) is 2.92. The molecule has 5 heteroatoms. The monoisotopic (exact) mass is 267 g/mol. The van der Waals surface area contributed by atoms with Crippen LogP contribution in [0.1, 0.15) is 18.9 Å². The summed E-state index contributed by atoms with van der Waals surface area (Å²) in [5.41, 5.74) is 2.98. The second kappa shape index (κ2) is 5.79. The van der Waals surface area contributed by atoms with Crippen molar-refractivity contribution in [2.24, 2.45) is 0 Å². The lowest BCUT2D eigenvalue weighted by atomic mass is 10.2. The molecule has 0 radical (unpaired) electrons. The van der Waals surface area contributed by atoms with Crippen molar-refractivity contribution < 1.29 is 0 Å². The fourth-order valence-corrected chi connectivity index (χ4v) is 2.18. The second-order valence-corrected chi connectivity index (χ2v) is 4.65. The Balaban J connectivity index is 2.01. The normalized spacial score (nSPS) is 11.1. The molecule has 0 spiro atoms. The van der Waals surface area contributed by atoms with Gasteiger partial charge in [0.25, 0.3) is 0 Å². The van der Waals surface area contributed by atoms with E-state index in [1.165, 1.54) is 0 Å². The molecule has 102 valence electrons. The fraction of sp³-hybridized carbons (Fsp3) is 0.267. The van der Waals surface area contributed by atoms with Gasteiger partial charge in [-0.2, -0.15) is 4.68 Å². The number of rotatable bonds is 5. The molecule has 1 aromatic carbocycles. The first-order valence-corrected chi connectivity index (χ1v) is 6.85. The van der Waals surface area contributed by atoms with Crippen LogP contribution in [0.3, 0.4) is 0 Å². The van der Waals surface area contributed by atoms with Crippen LogP contribution in [0, 0.1) is 0 Å². The molecule has 0 saturated carbocycles. The van der Waals surface area contributed by atoms with Crippen molar-refractivity contribution in [3.63, 3.8) is 0 Å². The van der Waals surface area contributed by atoms with Gasteiger partial charge in [0.1, 0.15) is 5.52 Å². The van der Waals surface area contributed by atoms with Crippen LogP contribution in [0.4, 0.5) is 0 Å². The minimum Gasteiger partial charge on any atom is -0.313 e. The summed E-state index contributed by atoms with van der Waals surface area (Å²) in [5.74, 6) is 0.838. The fourth-order valence-electron chi connectivity index (χ4n) is 2.18. The quantitative estimate of drug-likeness (QED) is 0.721. The number of pyridine rings is 1. The summed E-state index contributed by atoms with van der Waals surface area (Å²) >= 11 is 0. The number of fused-ring (bicyclic) bond motifs is 1. The first-order chi connectivity index (χ1) is 9.90. The molecule has 0 bridgehead atoms. The number of hydrogen-bond donors (Lipinski definition) is 1. The number of nitrogens with one attached hydrogen (secondary N) is 1. The summed E-state index contributed by atoms with van der Waals surface area (Å²) in [4.78, 5) is 4.47. The van der Waals surface area contributed by atoms with E-state index in [-0.39, 0.29) is 0 Å². The molecule has 2 heterocycles. The van der Waals surface area contributed by atoms with Crippen LogP contribution in [0.5, 0.6) is 0 Å². The highest BCUT2D eigenvalue weighted by molar-refractivity contribution is 5.75. The topological polar surface area (TPSA) is 55.6 Å². The summed E-state index contributed by atoms with van der Waals surface area (Å²) in [5, 5.41) is 11.8. The lowest BCUT2D eigenvalue weighted by molar-refractivity contribution is 0.665. The Hall–Kier alpha value is -2.27. The predicted molar refractivity (Wildman–Crippen MR) is 78.7 cm³/mol. The van der Waals surface area contributed by atoms with Gasteiger partial charge in [-0.05, 0) is 31.2 Å². The summed E-state index contributed by atoms with van der Waals surface area (Å²) in [6.45, 7) is 3.93. The Morgan fingerprint density at radius 2 is 2.05 bits per heavy atom. The highest BCUT2D eigenvalue weighted by Gasteiger charge is 2.10. The van der Waals surface area contributed by atoms with Crippen molar-refractivity contribution in [3.05, 3.63) is 48.2 Å². The zero-order valence-corrected chi connectivity index (χ0v) is 11.5. The number of nitrogens with zero attached hydrogens (tertiary/aromatic N) is 4. The van der Waals surface area contributed by atoms with Crippen molar-refractivity contribution in [3.8, 4) is 5.82 Å². The van der Waals surface area contributed by atoms with Crippen LogP contribution in [0.2, 0.25) is 0 Å². The molecule has 20 heavy (non-hydrogen) atoms. The SMILES string of the molecule is CCCNCc1cccnc1-n1nnc2ccccc21. The first kappa shape index (κ1) is 12.7. The van der Waals surface area contributed by atoms with E-state index in [1.807, 2.05) is 30.3 Å². The molecule has 2 aromatic heterocycles. The lowest BCUT2D eigenvalue weighted by Gasteiger charge is -2.09. The third-order valence-corrected chi connectivity index (χ3v) is 3.16. The number of para-hydroxylation sites is 1. The zero-order valence-electron chi connectivity index (χ0n) is 11.5. The standard InChI is InChI=1S/C15H17N5/c1-2-9-16-11-12-6-5-10-17-15(12)20-14-8-4-3-7-13(14)18-19-20/h3-8,10,16H,2,9,11H2,1H3. The van der Waals surface area contributed by atoms with Crippen molar-refractivity contribution in [2.45, 2.75) is 19.9 Å². The van der Waals surface area contributed by atoms with Gasteiger partial charge >= 0.3 is 0 Å². The van der Waals surface area contributed by atoms with Gasteiger partial charge in [0.2, 0.25) is 0 Å². The minimum atomic E-state index is 0.783. The first-order valence-electron chi connectivity index (χ1n) is 6.85. The summed E-state index contributed by atoms with van der Waals surface area (Å²) in [6, 6.07) is 11.9. The highest BCUT2D eigenvalue weighted by Crippen LogP contribution is 2.17. The zero-order chi connectivity index (χ0) is 13.8. The van der Waals surface area contributed by atoms with Gasteiger partial charge in [0.15, 0.2) is 5.82 Å². The Labute approximate surface area is 117 Å². The van der Waals surface area contributed by atoms with Gasteiger partial charge in [-0.25, -0.2) is 4.98 Å². The molecule has 1 N–H and O–H groups in total. The predicted octanol–water partition coefficient (Wildman–Crippen LogP) is 2.32. The van der Waals surface area contributed by atoms with E-state index in [0.717, 1.165) is 41.9 Å². The molecule has 0 saturated heterocycles. The molecule has 3 rings (SSSR count). The Bertz CT molecular complexity index is 704. The summed E-state index contributed by atoms with van der Waals surface area (Å²) < 4.78 is 1.80. The van der Waals surface area contributed by atoms with Crippen LogP contribution in [-0.2, 0) is 6.54 Å². The molecule has 0 aliphatic rings. The van der Waals surface area contributed by atoms with E-state index < -0.39 is 0 Å². The van der Waals surface area contributed by atoms with Crippen LogP contribution >= 0.6 is 0 Å². The van der Waals surface area contributed by atoms with Crippen molar-refractivity contribution in [1.29, 1.82) is 0 Å². The van der Waals surface area contributed by atoms with E-state index in [4.69, 9.17) is 0 Å². The summed E-state index contributed by atoms with van der Waals surface area (Å²) in [7, 11) is 0. The number of benzene rings is 1. The van der Waals surface area contributed by atoms with Gasteiger partial charge in [-0.1, -0.05) is 30.3 Å². The Morgan fingerprint density at radius 3 is 2.95 bits per heavy atom. The molecule has 0 unspecified atom stereocenters. The van der Waals surface area contributed by atoms with Gasteiger partial charge in [0, 0.05) is 18.3 Å². The smallest absolute Gasteiger partial charge is 0.160 e. The van der Waals surface area contributed by atoms with Crippen LogP contribution < -0.4 is 5.32 Å². The van der Waals surface area contributed by atoms with Crippen molar-refractivity contribution in [2.75, 3.05) is 6.54 Å². The molecule has 0 fully saturated rings. The Morgan fingerprint density at radius 1 is 1.15 bits per heavy atom. The lowest BCUT2D eigenvalue weighted by Crippen LogP contribution is -2.16.